The van der Waals surface area contributed by atoms with Crippen LogP contribution in [-0.4, -0.2) is 41.8 Å². The number of amides is 1. The van der Waals surface area contributed by atoms with Gasteiger partial charge in [-0.1, -0.05) is 13.8 Å². The van der Waals surface area contributed by atoms with Gasteiger partial charge in [0.25, 0.3) is 0 Å². The number of aliphatic imine (C=N–C) groups is 1. The highest BCUT2D eigenvalue weighted by atomic mass is 16.2. The predicted octanol–water partition coefficient (Wildman–Crippen LogP) is 1.41. The summed E-state index contributed by atoms with van der Waals surface area (Å²) in [6, 6.07) is 1.25. The molecular weight excluding hydrogens is 226 g/mol. The maximum Gasteiger partial charge on any atom is 0.250 e. The molecule has 0 spiro atoms. The van der Waals surface area contributed by atoms with E-state index in [1.807, 2.05) is 0 Å². The maximum atomic E-state index is 11.9. The van der Waals surface area contributed by atoms with Crippen molar-refractivity contribution in [1.82, 2.24) is 10.2 Å². The molecule has 3 aliphatic rings. The molecule has 100 valence electrons. The van der Waals surface area contributed by atoms with Crippen LogP contribution in [0, 0.1) is 11.8 Å². The van der Waals surface area contributed by atoms with Crippen LogP contribution in [0.2, 0.25) is 0 Å². The molecule has 3 atom stereocenters. The number of fused-ring (bicyclic) bond motifs is 2. The van der Waals surface area contributed by atoms with Crippen LogP contribution in [-0.2, 0) is 4.79 Å². The molecule has 3 heterocycles. The number of carbonyl (C=O) groups excluding carboxylic acids is 1. The third kappa shape index (κ3) is 1.87. The van der Waals surface area contributed by atoms with E-state index in [2.05, 4.69) is 36.1 Å². The molecule has 1 amide bonds. The Hall–Kier alpha value is -0.900. The minimum absolute atomic E-state index is 0.103. The molecule has 2 bridgehead atoms. The summed E-state index contributed by atoms with van der Waals surface area (Å²) in [6.45, 7) is 4.13. The Morgan fingerprint density at radius 1 is 1.28 bits per heavy atom. The van der Waals surface area contributed by atoms with Crippen molar-refractivity contribution in [1.29, 1.82) is 0 Å². The van der Waals surface area contributed by atoms with Crippen LogP contribution in [0.15, 0.2) is 4.99 Å². The van der Waals surface area contributed by atoms with E-state index in [1.165, 1.54) is 12.8 Å². The normalized spacial score (nSPS) is 40.2. The van der Waals surface area contributed by atoms with Crippen LogP contribution in [0.1, 0.15) is 39.5 Å². The standard InChI is InChI=1S/C14H23N3O/c1-8(2)12-14(18)16-13(15-12)9-6-10-4-5-11(7-9)17(10)3/h8-12H,4-7H2,1-3H3,(H,15,16,18). The first kappa shape index (κ1) is 12.2. The van der Waals surface area contributed by atoms with E-state index in [9.17, 15) is 4.79 Å². The van der Waals surface area contributed by atoms with E-state index in [-0.39, 0.29) is 11.9 Å². The van der Waals surface area contributed by atoms with E-state index in [4.69, 9.17) is 0 Å². The monoisotopic (exact) mass is 249 g/mol. The van der Waals surface area contributed by atoms with Gasteiger partial charge in [-0.15, -0.1) is 0 Å². The summed E-state index contributed by atoms with van der Waals surface area (Å²) in [5.41, 5.74) is 0. The molecule has 0 aromatic rings. The van der Waals surface area contributed by atoms with Gasteiger partial charge in [-0.3, -0.25) is 9.79 Å². The van der Waals surface area contributed by atoms with E-state index in [1.54, 1.807) is 0 Å². The number of piperidine rings is 1. The minimum atomic E-state index is -0.155. The minimum Gasteiger partial charge on any atom is -0.312 e. The highest BCUT2D eigenvalue weighted by Crippen LogP contribution is 2.38. The van der Waals surface area contributed by atoms with Gasteiger partial charge in [0.05, 0.1) is 0 Å². The zero-order valence-corrected chi connectivity index (χ0v) is 11.5. The lowest BCUT2D eigenvalue weighted by Crippen LogP contribution is -2.44. The fourth-order valence-corrected chi connectivity index (χ4v) is 3.73. The molecule has 18 heavy (non-hydrogen) atoms. The van der Waals surface area contributed by atoms with E-state index in [0.29, 0.717) is 23.9 Å². The third-order valence-corrected chi connectivity index (χ3v) is 4.91. The van der Waals surface area contributed by atoms with Crippen molar-refractivity contribution >= 4 is 11.7 Å². The predicted molar refractivity (Wildman–Crippen MR) is 71.5 cm³/mol. The number of amidine groups is 1. The van der Waals surface area contributed by atoms with Crippen LogP contribution in [0.4, 0.5) is 0 Å². The first-order valence-electron chi connectivity index (χ1n) is 7.16. The number of hydrogen-bond donors (Lipinski definition) is 1. The molecule has 0 aromatic heterocycles. The summed E-state index contributed by atoms with van der Waals surface area (Å²) >= 11 is 0. The molecule has 0 saturated carbocycles. The molecule has 4 nitrogen and oxygen atoms in total. The van der Waals surface area contributed by atoms with Crippen molar-refractivity contribution in [2.75, 3.05) is 7.05 Å². The SMILES string of the molecule is CC(C)C1N=C(C2CC3CCC(C2)N3C)NC1=O. The fourth-order valence-electron chi connectivity index (χ4n) is 3.73. The van der Waals surface area contributed by atoms with Crippen molar-refractivity contribution in [3.63, 3.8) is 0 Å². The largest absolute Gasteiger partial charge is 0.312 e. The second kappa shape index (κ2) is 4.34. The third-order valence-electron chi connectivity index (χ3n) is 4.91. The molecule has 0 aliphatic carbocycles. The number of nitrogens with zero attached hydrogens (tertiary/aromatic N) is 2. The lowest BCUT2D eigenvalue weighted by Gasteiger charge is -2.36. The average Bonchev–Trinajstić information content (AvgIpc) is 2.77. The summed E-state index contributed by atoms with van der Waals surface area (Å²) in [6.07, 6.45) is 4.95. The first-order chi connectivity index (χ1) is 8.56. The number of nitrogens with one attached hydrogen (secondary N) is 1. The molecule has 0 aromatic carbocycles. The van der Waals surface area contributed by atoms with Crippen LogP contribution in [0.5, 0.6) is 0 Å². The topological polar surface area (TPSA) is 44.7 Å². The van der Waals surface area contributed by atoms with Gasteiger partial charge >= 0.3 is 0 Å². The van der Waals surface area contributed by atoms with Crippen molar-refractivity contribution in [3.8, 4) is 0 Å². The Bertz CT molecular complexity index is 377. The maximum absolute atomic E-state index is 11.9. The second-order valence-electron chi connectivity index (χ2n) is 6.41. The number of rotatable bonds is 2. The van der Waals surface area contributed by atoms with Gasteiger partial charge in [-0.05, 0) is 38.6 Å². The van der Waals surface area contributed by atoms with Gasteiger partial charge in [0, 0.05) is 18.0 Å². The van der Waals surface area contributed by atoms with E-state index < -0.39 is 0 Å². The first-order valence-corrected chi connectivity index (χ1v) is 7.16. The smallest absolute Gasteiger partial charge is 0.250 e. The van der Waals surface area contributed by atoms with Crippen molar-refractivity contribution in [2.45, 2.75) is 57.7 Å². The Labute approximate surface area is 109 Å². The lowest BCUT2D eigenvalue weighted by molar-refractivity contribution is -0.120. The van der Waals surface area contributed by atoms with Crippen molar-refractivity contribution < 1.29 is 4.79 Å². The summed E-state index contributed by atoms with van der Waals surface area (Å²) < 4.78 is 0. The lowest BCUT2D eigenvalue weighted by atomic mass is 9.90. The molecule has 0 radical (unpaired) electrons. The number of carbonyl (C=O) groups is 1. The van der Waals surface area contributed by atoms with E-state index in [0.717, 1.165) is 18.7 Å². The molecule has 2 saturated heterocycles. The van der Waals surface area contributed by atoms with Gasteiger partial charge in [-0.25, -0.2) is 0 Å². The van der Waals surface area contributed by atoms with Gasteiger partial charge in [0.15, 0.2) is 0 Å². The molecule has 3 unspecified atom stereocenters. The molecule has 3 rings (SSSR count). The highest BCUT2D eigenvalue weighted by molar-refractivity contribution is 6.06. The van der Waals surface area contributed by atoms with E-state index >= 15 is 0 Å². The zero-order chi connectivity index (χ0) is 12.9. The highest BCUT2D eigenvalue weighted by Gasteiger charge is 2.42. The fraction of sp³-hybridized carbons (Fsp3) is 0.857. The molecular formula is C14H23N3O. The van der Waals surface area contributed by atoms with Gasteiger partial charge in [-0.2, -0.15) is 0 Å². The summed E-state index contributed by atoms with van der Waals surface area (Å²) in [5.74, 6) is 1.85. The zero-order valence-electron chi connectivity index (χ0n) is 11.5. The Morgan fingerprint density at radius 2 is 1.89 bits per heavy atom. The second-order valence-corrected chi connectivity index (χ2v) is 6.41. The van der Waals surface area contributed by atoms with Crippen LogP contribution < -0.4 is 5.32 Å². The Kier molecular flexibility index (Phi) is 2.93. The van der Waals surface area contributed by atoms with Gasteiger partial charge in [0.1, 0.15) is 11.9 Å². The van der Waals surface area contributed by atoms with Gasteiger partial charge in [0.2, 0.25) is 5.91 Å². The quantitative estimate of drug-likeness (QED) is 0.804. The molecule has 1 N–H and O–H groups in total. The molecule has 4 heteroatoms. The number of hydrogen-bond acceptors (Lipinski definition) is 3. The summed E-state index contributed by atoms with van der Waals surface area (Å²) in [7, 11) is 2.24. The Balaban J connectivity index is 1.74. The molecule has 2 fully saturated rings. The van der Waals surface area contributed by atoms with Crippen molar-refractivity contribution in [2.24, 2.45) is 16.8 Å². The van der Waals surface area contributed by atoms with Crippen LogP contribution in [0.25, 0.3) is 0 Å². The van der Waals surface area contributed by atoms with Crippen molar-refractivity contribution in [3.05, 3.63) is 0 Å². The molecule has 3 aliphatic heterocycles. The Morgan fingerprint density at radius 3 is 2.39 bits per heavy atom. The summed E-state index contributed by atoms with van der Waals surface area (Å²) in [4.78, 5) is 19.0. The average molecular weight is 249 g/mol. The van der Waals surface area contributed by atoms with Crippen LogP contribution in [0.3, 0.4) is 0 Å². The van der Waals surface area contributed by atoms with Gasteiger partial charge < -0.3 is 10.2 Å². The van der Waals surface area contributed by atoms with Crippen LogP contribution >= 0.6 is 0 Å². The summed E-state index contributed by atoms with van der Waals surface area (Å²) in [5, 5.41) is 3.03.